The third-order valence-corrected chi connectivity index (χ3v) is 4.42. The Kier molecular flexibility index (Phi) is 5.78. The quantitative estimate of drug-likeness (QED) is 0.755. The summed E-state index contributed by atoms with van der Waals surface area (Å²) in [6.45, 7) is 7.68. The summed E-state index contributed by atoms with van der Waals surface area (Å²) in [6, 6.07) is 2.53. The number of hydrogen-bond donors (Lipinski definition) is 2. The van der Waals surface area contributed by atoms with Gasteiger partial charge in [0.05, 0.1) is 6.26 Å². The van der Waals surface area contributed by atoms with E-state index >= 15 is 0 Å². The first kappa shape index (κ1) is 15.6. The topological polar surface area (TPSA) is 58.2 Å². The lowest BCUT2D eigenvalue weighted by Gasteiger charge is -2.13. The molecule has 1 atom stereocenters. The third-order valence-electron chi connectivity index (χ3n) is 2.71. The molecular weight excluding hydrogens is 268 g/mol. The van der Waals surface area contributed by atoms with Gasteiger partial charge in [-0.05, 0) is 45.4 Å². The lowest BCUT2D eigenvalue weighted by molar-refractivity contribution is 0.548. The van der Waals surface area contributed by atoms with Crippen LogP contribution in [-0.2, 0) is 10.0 Å². The fourth-order valence-corrected chi connectivity index (χ4v) is 3.39. The highest BCUT2D eigenvalue weighted by molar-refractivity contribution is 7.88. The lowest BCUT2D eigenvalue weighted by Crippen LogP contribution is -2.27. The largest absolute Gasteiger partial charge is 0.310 e. The smallest absolute Gasteiger partial charge is 0.208 e. The lowest BCUT2D eigenvalue weighted by atomic mass is 10.1. The first-order valence-electron chi connectivity index (χ1n) is 6.04. The van der Waals surface area contributed by atoms with Crippen LogP contribution < -0.4 is 10.0 Å². The molecule has 0 fully saturated rings. The molecule has 0 amide bonds. The molecule has 0 radical (unpaired) electrons. The van der Waals surface area contributed by atoms with Crippen LogP contribution in [0.15, 0.2) is 6.07 Å². The SMILES string of the molecule is Cc1cc([C@@H](C)NCCCNS(C)(=O)=O)c(C)s1. The van der Waals surface area contributed by atoms with Crippen molar-refractivity contribution in [1.82, 2.24) is 10.0 Å². The fraction of sp³-hybridized carbons (Fsp3) is 0.667. The van der Waals surface area contributed by atoms with Gasteiger partial charge in [-0.2, -0.15) is 0 Å². The molecule has 0 aliphatic heterocycles. The third kappa shape index (κ3) is 5.48. The zero-order valence-electron chi connectivity index (χ0n) is 11.4. The van der Waals surface area contributed by atoms with E-state index in [-0.39, 0.29) is 0 Å². The number of thiophene rings is 1. The van der Waals surface area contributed by atoms with E-state index in [1.165, 1.54) is 21.6 Å². The van der Waals surface area contributed by atoms with Crippen LogP contribution in [0.4, 0.5) is 0 Å². The Hall–Kier alpha value is -0.430. The zero-order chi connectivity index (χ0) is 13.8. The normalized spacial score (nSPS) is 13.8. The summed E-state index contributed by atoms with van der Waals surface area (Å²) in [5.41, 5.74) is 1.34. The summed E-state index contributed by atoms with van der Waals surface area (Å²) in [7, 11) is -3.06. The van der Waals surface area contributed by atoms with Crippen molar-refractivity contribution in [2.75, 3.05) is 19.3 Å². The Morgan fingerprint density at radius 3 is 2.50 bits per heavy atom. The Labute approximate surface area is 114 Å². The summed E-state index contributed by atoms with van der Waals surface area (Å²) in [6.07, 6.45) is 1.97. The van der Waals surface area contributed by atoms with Gasteiger partial charge in [0.2, 0.25) is 10.0 Å². The number of sulfonamides is 1. The molecule has 2 N–H and O–H groups in total. The van der Waals surface area contributed by atoms with Gasteiger partial charge in [-0.15, -0.1) is 11.3 Å². The molecule has 0 aliphatic carbocycles. The monoisotopic (exact) mass is 290 g/mol. The minimum absolute atomic E-state index is 0.313. The van der Waals surface area contributed by atoms with Crippen molar-refractivity contribution in [2.45, 2.75) is 33.2 Å². The second-order valence-corrected chi connectivity index (χ2v) is 7.86. The predicted octanol–water partition coefficient (Wildman–Crippen LogP) is 1.95. The standard InChI is InChI=1S/C12H22N2O2S2/c1-9-8-12(11(3)17-9)10(2)13-6-5-7-14-18(4,15)16/h8,10,13-14H,5-7H2,1-4H3/t10-/m1/s1. The molecule has 104 valence electrons. The van der Waals surface area contributed by atoms with Crippen molar-refractivity contribution in [3.8, 4) is 0 Å². The van der Waals surface area contributed by atoms with Gasteiger partial charge in [0.25, 0.3) is 0 Å². The second-order valence-electron chi connectivity index (χ2n) is 4.56. The van der Waals surface area contributed by atoms with E-state index in [1.807, 2.05) is 11.3 Å². The minimum atomic E-state index is -3.06. The summed E-state index contributed by atoms with van der Waals surface area (Å²) < 4.78 is 24.2. The van der Waals surface area contributed by atoms with Crippen LogP contribution in [0.3, 0.4) is 0 Å². The molecule has 0 aliphatic rings. The summed E-state index contributed by atoms with van der Waals surface area (Å²) in [4.78, 5) is 2.68. The van der Waals surface area contributed by atoms with Gasteiger partial charge in [0, 0.05) is 22.3 Å². The zero-order valence-corrected chi connectivity index (χ0v) is 13.0. The maximum atomic E-state index is 10.9. The first-order valence-corrected chi connectivity index (χ1v) is 8.75. The molecule has 1 aromatic heterocycles. The van der Waals surface area contributed by atoms with Crippen molar-refractivity contribution in [3.63, 3.8) is 0 Å². The molecule has 0 saturated heterocycles. The average molecular weight is 290 g/mol. The van der Waals surface area contributed by atoms with Gasteiger partial charge in [-0.1, -0.05) is 0 Å². The van der Waals surface area contributed by atoms with E-state index in [9.17, 15) is 8.42 Å². The van der Waals surface area contributed by atoms with Gasteiger partial charge < -0.3 is 5.32 Å². The van der Waals surface area contributed by atoms with E-state index in [0.717, 1.165) is 13.0 Å². The minimum Gasteiger partial charge on any atom is -0.310 e. The van der Waals surface area contributed by atoms with E-state index in [2.05, 4.69) is 36.9 Å². The molecule has 0 spiro atoms. The van der Waals surface area contributed by atoms with Crippen molar-refractivity contribution in [1.29, 1.82) is 0 Å². The molecule has 0 bridgehead atoms. The number of nitrogens with one attached hydrogen (secondary N) is 2. The number of rotatable bonds is 7. The average Bonchev–Trinajstić information content (AvgIpc) is 2.55. The molecule has 4 nitrogen and oxygen atoms in total. The van der Waals surface area contributed by atoms with Crippen molar-refractivity contribution < 1.29 is 8.42 Å². The van der Waals surface area contributed by atoms with Gasteiger partial charge in [-0.25, -0.2) is 13.1 Å². The molecule has 6 heteroatoms. The molecule has 0 aromatic carbocycles. The van der Waals surface area contributed by atoms with E-state index in [0.29, 0.717) is 12.6 Å². The Morgan fingerprint density at radius 2 is 2.00 bits per heavy atom. The summed E-state index contributed by atoms with van der Waals surface area (Å²) in [5.74, 6) is 0. The van der Waals surface area contributed by atoms with E-state index in [4.69, 9.17) is 0 Å². The summed E-state index contributed by atoms with van der Waals surface area (Å²) >= 11 is 1.81. The van der Waals surface area contributed by atoms with Crippen molar-refractivity contribution in [3.05, 3.63) is 21.4 Å². The van der Waals surface area contributed by atoms with Crippen LogP contribution in [0.5, 0.6) is 0 Å². The van der Waals surface area contributed by atoms with Crippen LogP contribution in [0.25, 0.3) is 0 Å². The summed E-state index contributed by atoms with van der Waals surface area (Å²) in [5, 5.41) is 3.41. The highest BCUT2D eigenvalue weighted by atomic mass is 32.2. The van der Waals surface area contributed by atoms with Crippen LogP contribution in [0, 0.1) is 13.8 Å². The maximum Gasteiger partial charge on any atom is 0.208 e. The molecule has 1 rings (SSSR count). The van der Waals surface area contributed by atoms with Gasteiger partial charge in [-0.3, -0.25) is 0 Å². The Balaban J connectivity index is 2.30. The Bertz CT molecular complexity index is 480. The van der Waals surface area contributed by atoms with Crippen molar-refractivity contribution >= 4 is 21.4 Å². The fourth-order valence-electron chi connectivity index (χ4n) is 1.85. The van der Waals surface area contributed by atoms with Gasteiger partial charge in [0.15, 0.2) is 0 Å². The number of hydrogen-bond acceptors (Lipinski definition) is 4. The number of aryl methyl sites for hydroxylation is 2. The van der Waals surface area contributed by atoms with E-state index < -0.39 is 10.0 Å². The van der Waals surface area contributed by atoms with Crippen molar-refractivity contribution in [2.24, 2.45) is 0 Å². The predicted molar refractivity (Wildman–Crippen MR) is 77.7 cm³/mol. The molecule has 1 aromatic rings. The first-order chi connectivity index (χ1) is 8.29. The molecule has 0 saturated carbocycles. The van der Waals surface area contributed by atoms with Gasteiger partial charge in [0.1, 0.15) is 0 Å². The van der Waals surface area contributed by atoms with Crippen LogP contribution in [0.2, 0.25) is 0 Å². The van der Waals surface area contributed by atoms with Crippen LogP contribution >= 0.6 is 11.3 Å². The maximum absolute atomic E-state index is 10.9. The van der Waals surface area contributed by atoms with E-state index in [1.54, 1.807) is 0 Å². The van der Waals surface area contributed by atoms with Crippen LogP contribution in [-0.4, -0.2) is 27.8 Å². The molecule has 0 unspecified atom stereocenters. The Morgan fingerprint density at radius 1 is 1.33 bits per heavy atom. The highest BCUT2D eigenvalue weighted by Crippen LogP contribution is 2.25. The van der Waals surface area contributed by atoms with Gasteiger partial charge >= 0.3 is 0 Å². The molecular formula is C12H22N2O2S2. The molecule has 1 heterocycles. The highest BCUT2D eigenvalue weighted by Gasteiger charge is 2.10. The second kappa shape index (κ2) is 6.65. The molecule has 18 heavy (non-hydrogen) atoms. The van der Waals surface area contributed by atoms with Crippen LogP contribution in [0.1, 0.15) is 34.7 Å².